The number of para-hydroxylation sites is 1. The van der Waals surface area contributed by atoms with Crippen LogP contribution in [0.2, 0.25) is 0 Å². The van der Waals surface area contributed by atoms with Gasteiger partial charge in [0.1, 0.15) is 0 Å². The lowest BCUT2D eigenvalue weighted by molar-refractivity contribution is 0.354. The molecule has 0 radical (unpaired) electrons. The van der Waals surface area contributed by atoms with Crippen LogP contribution in [0, 0.1) is 0 Å². The first-order valence-corrected chi connectivity index (χ1v) is 8.48. The van der Waals surface area contributed by atoms with Crippen molar-refractivity contribution in [2.24, 2.45) is 0 Å². The first-order valence-electron chi connectivity index (χ1n) is 7.69. The van der Waals surface area contributed by atoms with Gasteiger partial charge < -0.3 is 19.3 Å². The van der Waals surface area contributed by atoms with Crippen LogP contribution in [-0.4, -0.2) is 40.4 Å². The van der Waals surface area contributed by atoms with Crippen molar-refractivity contribution in [1.29, 1.82) is 0 Å². The number of methoxy groups -OCH3 is 2. The van der Waals surface area contributed by atoms with Crippen molar-refractivity contribution in [2.45, 2.75) is 0 Å². The summed E-state index contributed by atoms with van der Waals surface area (Å²) in [7, 11) is 3.32. The lowest BCUT2D eigenvalue weighted by atomic mass is 10.2. The molecule has 0 aliphatic carbocycles. The highest BCUT2D eigenvalue weighted by molar-refractivity contribution is 9.10. The van der Waals surface area contributed by atoms with E-state index in [1.165, 1.54) is 5.69 Å². The summed E-state index contributed by atoms with van der Waals surface area (Å²) in [6, 6.07) is 14.6. The maximum Gasteiger partial charge on any atom is 0.162 e. The fraction of sp³-hybridized carbons (Fsp3) is 0.333. The Bertz CT molecular complexity index is 656. The number of nitrogens with zero attached hydrogens (tertiary/aromatic N) is 2. The molecular formula is C18H21BrN2O2. The summed E-state index contributed by atoms with van der Waals surface area (Å²) < 4.78 is 11.8. The molecule has 122 valence electrons. The van der Waals surface area contributed by atoms with Crippen LogP contribution >= 0.6 is 15.9 Å². The number of rotatable bonds is 4. The molecule has 0 atom stereocenters. The molecule has 4 nitrogen and oxygen atoms in total. The minimum Gasteiger partial charge on any atom is -0.493 e. The lowest BCUT2D eigenvalue weighted by Gasteiger charge is -2.38. The fourth-order valence-electron chi connectivity index (χ4n) is 2.93. The van der Waals surface area contributed by atoms with E-state index in [1.54, 1.807) is 14.2 Å². The van der Waals surface area contributed by atoms with E-state index in [-0.39, 0.29) is 0 Å². The first kappa shape index (κ1) is 16.0. The van der Waals surface area contributed by atoms with E-state index in [2.05, 4.69) is 56.1 Å². The van der Waals surface area contributed by atoms with Crippen molar-refractivity contribution < 1.29 is 9.47 Å². The van der Waals surface area contributed by atoms with Gasteiger partial charge in [0.05, 0.1) is 19.9 Å². The van der Waals surface area contributed by atoms with E-state index in [9.17, 15) is 0 Å². The fourth-order valence-corrected chi connectivity index (χ4v) is 3.50. The normalized spacial score (nSPS) is 14.7. The molecule has 0 saturated carbocycles. The summed E-state index contributed by atoms with van der Waals surface area (Å²) in [5.74, 6) is 1.50. The summed E-state index contributed by atoms with van der Waals surface area (Å²) in [4.78, 5) is 4.80. The average molecular weight is 377 g/mol. The largest absolute Gasteiger partial charge is 0.493 e. The average Bonchev–Trinajstić information content (AvgIpc) is 2.62. The number of hydrogen-bond donors (Lipinski definition) is 0. The van der Waals surface area contributed by atoms with Crippen molar-refractivity contribution >= 4 is 27.3 Å². The molecule has 1 saturated heterocycles. The number of benzene rings is 2. The molecule has 0 N–H and O–H groups in total. The van der Waals surface area contributed by atoms with Crippen LogP contribution in [0.5, 0.6) is 11.5 Å². The molecule has 2 aromatic rings. The molecule has 0 unspecified atom stereocenters. The minimum absolute atomic E-state index is 0.742. The molecule has 1 heterocycles. The molecule has 23 heavy (non-hydrogen) atoms. The third kappa shape index (κ3) is 3.39. The summed E-state index contributed by atoms with van der Waals surface area (Å²) in [5, 5.41) is 0. The third-order valence-corrected chi connectivity index (χ3v) is 4.83. The Morgan fingerprint density at radius 1 is 0.826 bits per heavy atom. The maximum absolute atomic E-state index is 5.43. The van der Waals surface area contributed by atoms with E-state index in [4.69, 9.17) is 9.47 Å². The zero-order chi connectivity index (χ0) is 16.2. The van der Waals surface area contributed by atoms with Crippen molar-refractivity contribution in [1.82, 2.24) is 0 Å². The van der Waals surface area contributed by atoms with Crippen LogP contribution in [0.3, 0.4) is 0 Å². The minimum atomic E-state index is 0.742. The Kier molecular flexibility index (Phi) is 4.96. The van der Waals surface area contributed by atoms with E-state index < -0.39 is 0 Å². The Morgan fingerprint density at radius 2 is 1.39 bits per heavy atom. The highest BCUT2D eigenvalue weighted by atomic mass is 79.9. The van der Waals surface area contributed by atoms with Crippen molar-refractivity contribution in [2.75, 3.05) is 50.2 Å². The van der Waals surface area contributed by atoms with Gasteiger partial charge in [0, 0.05) is 48.5 Å². The van der Waals surface area contributed by atoms with Crippen LogP contribution in [0.4, 0.5) is 11.4 Å². The highest BCUT2D eigenvalue weighted by Crippen LogP contribution is 2.38. The number of ether oxygens (including phenoxy) is 2. The van der Waals surface area contributed by atoms with Gasteiger partial charge in [0.25, 0.3) is 0 Å². The number of hydrogen-bond acceptors (Lipinski definition) is 4. The maximum atomic E-state index is 5.43. The molecule has 3 rings (SSSR count). The van der Waals surface area contributed by atoms with Crippen molar-refractivity contribution in [3.8, 4) is 11.5 Å². The van der Waals surface area contributed by atoms with E-state index in [0.717, 1.165) is 47.8 Å². The molecule has 0 spiro atoms. The second kappa shape index (κ2) is 7.13. The zero-order valence-corrected chi connectivity index (χ0v) is 15.0. The molecular weight excluding hydrogens is 356 g/mol. The summed E-state index contributed by atoms with van der Waals surface area (Å²) in [6.07, 6.45) is 0. The first-order chi connectivity index (χ1) is 11.2. The van der Waals surface area contributed by atoms with E-state index in [0.29, 0.717) is 0 Å². The monoisotopic (exact) mass is 376 g/mol. The van der Waals surface area contributed by atoms with Gasteiger partial charge in [-0.25, -0.2) is 0 Å². The van der Waals surface area contributed by atoms with Crippen LogP contribution in [-0.2, 0) is 0 Å². The van der Waals surface area contributed by atoms with Gasteiger partial charge in [-0.15, -0.1) is 0 Å². The Morgan fingerprint density at radius 3 is 2.00 bits per heavy atom. The van der Waals surface area contributed by atoms with Gasteiger partial charge in [-0.05, 0) is 28.1 Å². The molecule has 1 fully saturated rings. The summed E-state index contributed by atoms with van der Waals surface area (Å²) >= 11 is 3.66. The van der Waals surface area contributed by atoms with Gasteiger partial charge >= 0.3 is 0 Å². The second-order valence-corrected chi connectivity index (χ2v) is 6.32. The Hall–Kier alpha value is -1.88. The molecule has 1 aliphatic rings. The second-order valence-electron chi connectivity index (χ2n) is 5.47. The molecule has 5 heteroatoms. The molecule has 1 aliphatic heterocycles. The van der Waals surface area contributed by atoms with Crippen molar-refractivity contribution in [3.63, 3.8) is 0 Å². The molecule has 2 aromatic carbocycles. The molecule has 0 amide bonds. The third-order valence-electron chi connectivity index (χ3n) is 4.19. The highest BCUT2D eigenvalue weighted by Gasteiger charge is 2.20. The van der Waals surface area contributed by atoms with Gasteiger partial charge in [0.15, 0.2) is 11.5 Å². The smallest absolute Gasteiger partial charge is 0.162 e. The zero-order valence-electron chi connectivity index (χ0n) is 13.5. The van der Waals surface area contributed by atoms with Gasteiger partial charge in [0.2, 0.25) is 0 Å². The van der Waals surface area contributed by atoms with Crippen LogP contribution in [0.1, 0.15) is 0 Å². The van der Waals surface area contributed by atoms with E-state index in [1.807, 2.05) is 12.1 Å². The standard InChI is InChI=1S/C18H21BrN2O2/c1-22-17-12-15(19)16(13-18(17)23-2)21-10-8-20(9-11-21)14-6-4-3-5-7-14/h3-7,12-13H,8-11H2,1-2H3. The number of piperazine rings is 1. The lowest BCUT2D eigenvalue weighted by Crippen LogP contribution is -2.46. The Balaban J connectivity index is 1.75. The van der Waals surface area contributed by atoms with Crippen LogP contribution in [0.25, 0.3) is 0 Å². The van der Waals surface area contributed by atoms with Gasteiger partial charge in [-0.1, -0.05) is 18.2 Å². The predicted octanol–water partition coefficient (Wildman–Crippen LogP) is 3.79. The van der Waals surface area contributed by atoms with Crippen LogP contribution in [0.15, 0.2) is 46.9 Å². The number of anilines is 2. The van der Waals surface area contributed by atoms with Crippen molar-refractivity contribution in [3.05, 3.63) is 46.9 Å². The van der Waals surface area contributed by atoms with Gasteiger partial charge in [-0.2, -0.15) is 0 Å². The quantitative estimate of drug-likeness (QED) is 0.810. The van der Waals surface area contributed by atoms with E-state index >= 15 is 0 Å². The summed E-state index contributed by atoms with van der Waals surface area (Å²) in [5.41, 5.74) is 2.44. The van der Waals surface area contributed by atoms with Crippen LogP contribution < -0.4 is 19.3 Å². The topological polar surface area (TPSA) is 24.9 Å². The summed E-state index contributed by atoms with van der Waals surface area (Å²) in [6.45, 7) is 3.96. The predicted molar refractivity (Wildman–Crippen MR) is 98.1 cm³/mol. The SMILES string of the molecule is COc1cc(Br)c(N2CCN(c3ccccc3)CC2)cc1OC. The molecule has 0 bridgehead atoms. The Labute approximate surface area is 145 Å². The van der Waals surface area contributed by atoms with Gasteiger partial charge in [-0.3, -0.25) is 0 Å². The molecule has 0 aromatic heterocycles. The number of halogens is 1.